The number of rotatable bonds is 3. The van der Waals surface area contributed by atoms with E-state index in [4.69, 9.17) is 23.2 Å². The minimum Gasteiger partial charge on any atom is -0.337 e. The second-order valence-electron chi connectivity index (χ2n) is 6.00. The average Bonchev–Trinajstić information content (AvgIpc) is 2.60. The van der Waals surface area contributed by atoms with Gasteiger partial charge in [0.15, 0.2) is 11.5 Å². The molecule has 0 radical (unpaired) electrons. The number of carbonyl (C=O) groups is 1. The molecule has 7 heteroatoms. The van der Waals surface area contributed by atoms with Gasteiger partial charge in [-0.15, -0.1) is 10.2 Å². The summed E-state index contributed by atoms with van der Waals surface area (Å²) in [6.45, 7) is 3.77. The van der Waals surface area contributed by atoms with Gasteiger partial charge in [-0.25, -0.2) is 0 Å². The molecule has 2 aromatic rings. The summed E-state index contributed by atoms with van der Waals surface area (Å²) in [5.41, 5.74) is 0.995. The predicted molar refractivity (Wildman–Crippen MR) is 96.1 cm³/mol. The van der Waals surface area contributed by atoms with Gasteiger partial charge in [-0.2, -0.15) is 0 Å². The lowest BCUT2D eigenvalue weighted by Gasteiger charge is -2.29. The lowest BCUT2D eigenvalue weighted by Crippen LogP contribution is -2.38. The molecule has 0 aliphatic carbocycles. The number of hydrogen-bond donors (Lipinski definition) is 1. The quantitative estimate of drug-likeness (QED) is 0.876. The summed E-state index contributed by atoms with van der Waals surface area (Å²) in [7, 11) is 0. The predicted octanol–water partition coefficient (Wildman–Crippen LogP) is 4.40. The molecule has 24 heavy (non-hydrogen) atoms. The standard InChI is InChI=1S/C17H18Cl2N4O/c1-11-7-9-23(10-8-11)17(24)14-5-6-15(22-21-14)20-13-4-2-3-12(18)16(13)19/h2-6,11H,7-10H2,1H3,(H,20,22). The molecule has 0 atom stereocenters. The molecular weight excluding hydrogens is 347 g/mol. The number of carbonyl (C=O) groups excluding carboxylic acids is 1. The second-order valence-corrected chi connectivity index (χ2v) is 6.79. The largest absolute Gasteiger partial charge is 0.337 e. The van der Waals surface area contributed by atoms with Gasteiger partial charge >= 0.3 is 0 Å². The number of piperidine rings is 1. The van der Waals surface area contributed by atoms with Crippen LogP contribution in [0.15, 0.2) is 30.3 Å². The van der Waals surface area contributed by atoms with E-state index in [9.17, 15) is 4.79 Å². The molecule has 0 saturated carbocycles. The maximum atomic E-state index is 12.4. The van der Waals surface area contributed by atoms with E-state index in [0.717, 1.165) is 25.9 Å². The lowest BCUT2D eigenvalue weighted by atomic mass is 9.99. The molecule has 1 aliphatic heterocycles. The van der Waals surface area contributed by atoms with E-state index in [1.54, 1.807) is 30.3 Å². The second kappa shape index (κ2) is 7.36. The smallest absolute Gasteiger partial charge is 0.274 e. The number of halogens is 2. The van der Waals surface area contributed by atoms with Crippen LogP contribution in [0.5, 0.6) is 0 Å². The Morgan fingerprint density at radius 2 is 1.92 bits per heavy atom. The van der Waals surface area contributed by atoms with Gasteiger partial charge < -0.3 is 10.2 Å². The van der Waals surface area contributed by atoms with Crippen molar-refractivity contribution in [2.75, 3.05) is 18.4 Å². The Morgan fingerprint density at radius 3 is 2.58 bits per heavy atom. The molecule has 1 aromatic carbocycles. The third-order valence-corrected chi connectivity index (χ3v) is 4.99. The first-order chi connectivity index (χ1) is 11.5. The van der Waals surface area contributed by atoms with Crippen molar-refractivity contribution in [2.45, 2.75) is 19.8 Å². The van der Waals surface area contributed by atoms with Crippen LogP contribution in [-0.2, 0) is 0 Å². The van der Waals surface area contributed by atoms with Crippen LogP contribution in [-0.4, -0.2) is 34.1 Å². The van der Waals surface area contributed by atoms with Gasteiger partial charge in [-0.1, -0.05) is 36.2 Å². The molecule has 1 fully saturated rings. The minimum absolute atomic E-state index is 0.0678. The topological polar surface area (TPSA) is 58.1 Å². The van der Waals surface area contributed by atoms with Crippen LogP contribution in [0.4, 0.5) is 11.5 Å². The van der Waals surface area contributed by atoms with E-state index in [0.29, 0.717) is 33.2 Å². The van der Waals surface area contributed by atoms with Crippen molar-refractivity contribution in [3.63, 3.8) is 0 Å². The van der Waals surface area contributed by atoms with Gasteiger partial charge in [0.2, 0.25) is 0 Å². The Labute approximate surface area is 151 Å². The molecule has 126 valence electrons. The van der Waals surface area contributed by atoms with Gasteiger partial charge in [0, 0.05) is 13.1 Å². The minimum atomic E-state index is -0.0678. The van der Waals surface area contributed by atoms with Gasteiger partial charge in [-0.05, 0) is 43.0 Å². The van der Waals surface area contributed by atoms with E-state index < -0.39 is 0 Å². The summed E-state index contributed by atoms with van der Waals surface area (Å²) in [6.07, 6.45) is 2.07. The van der Waals surface area contributed by atoms with Crippen molar-refractivity contribution in [2.24, 2.45) is 5.92 Å². The van der Waals surface area contributed by atoms with E-state index in [1.165, 1.54) is 0 Å². The maximum absolute atomic E-state index is 12.4. The molecule has 1 aliphatic rings. The van der Waals surface area contributed by atoms with Crippen LogP contribution in [0, 0.1) is 5.92 Å². The number of anilines is 2. The van der Waals surface area contributed by atoms with Gasteiger partial charge in [0.05, 0.1) is 15.7 Å². The molecule has 0 bridgehead atoms. The molecule has 0 unspecified atom stereocenters. The molecule has 1 amide bonds. The number of aromatic nitrogens is 2. The number of benzene rings is 1. The molecule has 5 nitrogen and oxygen atoms in total. The van der Waals surface area contributed by atoms with E-state index in [-0.39, 0.29) is 5.91 Å². The van der Waals surface area contributed by atoms with Gasteiger partial charge in [0.1, 0.15) is 0 Å². The first kappa shape index (κ1) is 17.0. The highest BCUT2D eigenvalue weighted by Gasteiger charge is 2.22. The third kappa shape index (κ3) is 3.79. The monoisotopic (exact) mass is 364 g/mol. The van der Waals surface area contributed by atoms with Crippen molar-refractivity contribution in [1.82, 2.24) is 15.1 Å². The molecule has 1 saturated heterocycles. The molecule has 2 heterocycles. The third-order valence-electron chi connectivity index (χ3n) is 4.17. The van der Waals surface area contributed by atoms with Crippen molar-refractivity contribution in [1.29, 1.82) is 0 Å². The lowest BCUT2D eigenvalue weighted by molar-refractivity contribution is 0.0690. The fourth-order valence-electron chi connectivity index (χ4n) is 2.62. The summed E-state index contributed by atoms with van der Waals surface area (Å²) in [5, 5.41) is 12.0. The van der Waals surface area contributed by atoms with Crippen LogP contribution < -0.4 is 5.32 Å². The van der Waals surface area contributed by atoms with Crippen LogP contribution in [0.1, 0.15) is 30.3 Å². The van der Waals surface area contributed by atoms with Crippen LogP contribution >= 0.6 is 23.2 Å². The normalized spacial score (nSPS) is 15.4. The summed E-state index contributed by atoms with van der Waals surface area (Å²) >= 11 is 12.1. The van der Waals surface area contributed by atoms with Crippen molar-refractivity contribution in [3.8, 4) is 0 Å². The van der Waals surface area contributed by atoms with Crippen LogP contribution in [0.3, 0.4) is 0 Å². The first-order valence-corrected chi connectivity index (χ1v) is 8.64. The Bertz CT molecular complexity index is 728. The zero-order valence-electron chi connectivity index (χ0n) is 13.3. The van der Waals surface area contributed by atoms with Crippen molar-refractivity contribution < 1.29 is 4.79 Å². The number of hydrogen-bond acceptors (Lipinski definition) is 4. The van der Waals surface area contributed by atoms with Crippen LogP contribution in [0.25, 0.3) is 0 Å². The molecule has 1 aromatic heterocycles. The summed E-state index contributed by atoms with van der Waals surface area (Å²) in [4.78, 5) is 14.3. The highest BCUT2D eigenvalue weighted by Crippen LogP contribution is 2.31. The van der Waals surface area contributed by atoms with Gasteiger partial charge in [0.25, 0.3) is 5.91 Å². The number of nitrogens with one attached hydrogen (secondary N) is 1. The molecular formula is C17H18Cl2N4O. The van der Waals surface area contributed by atoms with Gasteiger partial charge in [-0.3, -0.25) is 4.79 Å². The van der Waals surface area contributed by atoms with Crippen LogP contribution in [0.2, 0.25) is 10.0 Å². The zero-order valence-corrected chi connectivity index (χ0v) is 14.8. The highest BCUT2D eigenvalue weighted by molar-refractivity contribution is 6.43. The molecule has 3 rings (SSSR count). The van der Waals surface area contributed by atoms with E-state index >= 15 is 0 Å². The van der Waals surface area contributed by atoms with E-state index in [1.807, 2.05) is 4.90 Å². The molecule has 0 spiro atoms. The first-order valence-electron chi connectivity index (χ1n) is 7.88. The Balaban J connectivity index is 1.69. The number of nitrogens with zero attached hydrogens (tertiary/aromatic N) is 3. The Kier molecular flexibility index (Phi) is 5.21. The fraction of sp³-hybridized carbons (Fsp3) is 0.353. The average molecular weight is 365 g/mol. The Morgan fingerprint density at radius 1 is 1.17 bits per heavy atom. The maximum Gasteiger partial charge on any atom is 0.274 e. The fourth-order valence-corrected chi connectivity index (χ4v) is 2.97. The SMILES string of the molecule is CC1CCN(C(=O)c2ccc(Nc3cccc(Cl)c3Cl)nn2)CC1. The highest BCUT2D eigenvalue weighted by atomic mass is 35.5. The van der Waals surface area contributed by atoms with Crippen molar-refractivity contribution >= 4 is 40.6 Å². The number of likely N-dealkylation sites (tertiary alicyclic amines) is 1. The zero-order chi connectivity index (χ0) is 17.1. The van der Waals surface area contributed by atoms with E-state index in [2.05, 4.69) is 22.4 Å². The summed E-state index contributed by atoms with van der Waals surface area (Å²) in [5.74, 6) is 1.11. The number of amides is 1. The summed E-state index contributed by atoms with van der Waals surface area (Å²) in [6, 6.07) is 8.68. The van der Waals surface area contributed by atoms with Crippen molar-refractivity contribution in [3.05, 3.63) is 46.1 Å². The summed E-state index contributed by atoms with van der Waals surface area (Å²) < 4.78 is 0. The molecule has 1 N–H and O–H groups in total. The Hall–Kier alpha value is -1.85.